The molecule has 0 radical (unpaired) electrons. The van der Waals surface area contributed by atoms with Crippen LogP contribution in [0.1, 0.15) is 59.0 Å². The van der Waals surface area contributed by atoms with Gasteiger partial charge in [0.15, 0.2) is 0 Å². The van der Waals surface area contributed by atoms with Crippen LogP contribution in [0.2, 0.25) is 0 Å². The Morgan fingerprint density at radius 3 is 2.33 bits per heavy atom. The Kier molecular flexibility index (Phi) is 5.82. The molecule has 0 aliphatic heterocycles. The van der Waals surface area contributed by atoms with E-state index >= 15 is 0 Å². The van der Waals surface area contributed by atoms with E-state index in [1.807, 2.05) is 0 Å². The fourth-order valence-corrected chi connectivity index (χ4v) is 2.96. The Bertz CT molecular complexity index is 397. The molecule has 0 amide bonds. The molecule has 0 atom stereocenters. The molecule has 1 aromatic heterocycles. The van der Waals surface area contributed by atoms with Crippen molar-refractivity contribution in [1.82, 2.24) is 9.97 Å². The molecule has 0 aromatic carbocycles. The second-order valence-corrected chi connectivity index (χ2v) is 6.61. The zero-order valence-electron chi connectivity index (χ0n) is 12.1. The standard InChI is InChI=1S/C14H24IN3/c1-6-8-9-10-17-12(14(3,4)5)11(15)13(18-10)16-7-2/h6-9H2,1-5H3,(H,16,17,18). The maximum atomic E-state index is 4.77. The molecule has 0 fully saturated rings. The van der Waals surface area contributed by atoms with Gasteiger partial charge < -0.3 is 5.32 Å². The summed E-state index contributed by atoms with van der Waals surface area (Å²) in [5, 5.41) is 3.35. The third-order valence-electron chi connectivity index (χ3n) is 2.71. The summed E-state index contributed by atoms with van der Waals surface area (Å²) in [7, 11) is 0. The zero-order valence-corrected chi connectivity index (χ0v) is 14.3. The Morgan fingerprint density at radius 2 is 1.83 bits per heavy atom. The van der Waals surface area contributed by atoms with Crippen LogP contribution in [0.4, 0.5) is 5.82 Å². The van der Waals surface area contributed by atoms with Gasteiger partial charge in [0, 0.05) is 18.4 Å². The second kappa shape index (κ2) is 6.68. The molecule has 0 spiro atoms. The van der Waals surface area contributed by atoms with Crippen molar-refractivity contribution in [2.24, 2.45) is 0 Å². The van der Waals surface area contributed by atoms with Gasteiger partial charge in [-0.25, -0.2) is 9.97 Å². The average molecular weight is 361 g/mol. The van der Waals surface area contributed by atoms with Gasteiger partial charge in [0.25, 0.3) is 0 Å². The summed E-state index contributed by atoms with van der Waals surface area (Å²) >= 11 is 2.36. The molecule has 1 rings (SSSR count). The van der Waals surface area contributed by atoms with Crippen molar-refractivity contribution in [2.75, 3.05) is 11.9 Å². The van der Waals surface area contributed by atoms with Crippen molar-refractivity contribution in [1.29, 1.82) is 0 Å². The van der Waals surface area contributed by atoms with E-state index in [9.17, 15) is 0 Å². The predicted octanol–water partition coefficient (Wildman–Crippen LogP) is 4.15. The van der Waals surface area contributed by atoms with E-state index < -0.39 is 0 Å². The summed E-state index contributed by atoms with van der Waals surface area (Å²) in [5.41, 5.74) is 1.21. The van der Waals surface area contributed by atoms with Crippen LogP contribution < -0.4 is 5.32 Å². The Labute approximate surface area is 124 Å². The lowest BCUT2D eigenvalue weighted by Gasteiger charge is -2.22. The monoisotopic (exact) mass is 361 g/mol. The van der Waals surface area contributed by atoms with Crippen molar-refractivity contribution in [2.45, 2.75) is 59.3 Å². The number of hydrogen-bond acceptors (Lipinski definition) is 3. The van der Waals surface area contributed by atoms with Crippen LogP contribution in [-0.4, -0.2) is 16.5 Å². The molecule has 0 saturated carbocycles. The highest BCUT2D eigenvalue weighted by atomic mass is 127. The summed E-state index contributed by atoms with van der Waals surface area (Å²) in [5.74, 6) is 1.96. The normalized spacial score (nSPS) is 11.7. The van der Waals surface area contributed by atoms with Crippen LogP contribution in [-0.2, 0) is 11.8 Å². The molecule has 1 N–H and O–H groups in total. The van der Waals surface area contributed by atoms with Gasteiger partial charge in [-0.3, -0.25) is 0 Å². The molecular formula is C14H24IN3. The van der Waals surface area contributed by atoms with Crippen molar-refractivity contribution in [3.05, 3.63) is 15.1 Å². The Morgan fingerprint density at radius 1 is 1.17 bits per heavy atom. The van der Waals surface area contributed by atoms with Gasteiger partial charge in [-0.15, -0.1) is 0 Å². The number of nitrogens with one attached hydrogen (secondary N) is 1. The molecule has 0 saturated heterocycles. The number of halogens is 1. The molecule has 18 heavy (non-hydrogen) atoms. The van der Waals surface area contributed by atoms with Gasteiger partial charge in [0.05, 0.1) is 9.26 Å². The van der Waals surface area contributed by atoms with E-state index in [1.165, 1.54) is 6.42 Å². The van der Waals surface area contributed by atoms with Crippen molar-refractivity contribution < 1.29 is 0 Å². The minimum Gasteiger partial charge on any atom is -0.369 e. The first-order valence-electron chi connectivity index (χ1n) is 6.70. The Hall–Kier alpha value is -0.390. The third kappa shape index (κ3) is 4.07. The van der Waals surface area contributed by atoms with E-state index in [1.54, 1.807) is 0 Å². The molecule has 4 heteroatoms. The lowest BCUT2D eigenvalue weighted by molar-refractivity contribution is 0.556. The molecule has 0 unspecified atom stereocenters. The molecule has 1 heterocycles. The van der Waals surface area contributed by atoms with Crippen LogP contribution in [0.15, 0.2) is 0 Å². The summed E-state index contributed by atoms with van der Waals surface area (Å²) < 4.78 is 1.15. The van der Waals surface area contributed by atoms with E-state index in [-0.39, 0.29) is 5.41 Å². The highest BCUT2D eigenvalue weighted by molar-refractivity contribution is 14.1. The number of unbranched alkanes of at least 4 members (excludes halogenated alkanes) is 1. The summed E-state index contributed by atoms with van der Waals surface area (Å²) in [6.45, 7) is 11.8. The number of rotatable bonds is 5. The second-order valence-electron chi connectivity index (χ2n) is 5.53. The topological polar surface area (TPSA) is 37.8 Å². The van der Waals surface area contributed by atoms with Crippen LogP contribution in [0.25, 0.3) is 0 Å². The van der Waals surface area contributed by atoms with E-state index in [0.717, 1.165) is 40.3 Å². The minimum absolute atomic E-state index is 0.0601. The molecule has 0 aliphatic carbocycles. The molecular weight excluding hydrogens is 337 g/mol. The van der Waals surface area contributed by atoms with Gasteiger partial charge in [0.1, 0.15) is 11.6 Å². The maximum Gasteiger partial charge on any atom is 0.143 e. The van der Waals surface area contributed by atoms with E-state index in [4.69, 9.17) is 4.98 Å². The number of aromatic nitrogens is 2. The largest absolute Gasteiger partial charge is 0.369 e. The molecule has 102 valence electrons. The smallest absolute Gasteiger partial charge is 0.143 e. The first kappa shape index (κ1) is 15.7. The fourth-order valence-electron chi connectivity index (χ4n) is 1.72. The summed E-state index contributed by atoms with van der Waals surface area (Å²) in [6, 6.07) is 0. The molecule has 1 aromatic rings. The lowest BCUT2D eigenvalue weighted by atomic mass is 9.92. The quantitative estimate of drug-likeness (QED) is 0.801. The van der Waals surface area contributed by atoms with Crippen LogP contribution in [0, 0.1) is 3.57 Å². The van der Waals surface area contributed by atoms with Gasteiger partial charge in [-0.2, -0.15) is 0 Å². The van der Waals surface area contributed by atoms with Crippen molar-refractivity contribution >= 4 is 28.4 Å². The molecule has 3 nitrogen and oxygen atoms in total. The SMILES string of the molecule is CCCCc1nc(NCC)c(I)c(C(C)(C)C)n1. The summed E-state index contributed by atoms with van der Waals surface area (Å²) in [6.07, 6.45) is 3.29. The third-order valence-corrected chi connectivity index (χ3v) is 3.73. The lowest BCUT2D eigenvalue weighted by Crippen LogP contribution is -2.20. The number of aryl methyl sites for hydroxylation is 1. The highest BCUT2D eigenvalue weighted by Crippen LogP contribution is 2.29. The van der Waals surface area contributed by atoms with Gasteiger partial charge >= 0.3 is 0 Å². The Balaban J connectivity index is 3.19. The first-order chi connectivity index (χ1) is 8.40. The van der Waals surface area contributed by atoms with Crippen molar-refractivity contribution in [3.63, 3.8) is 0 Å². The number of hydrogen-bond donors (Lipinski definition) is 1. The fraction of sp³-hybridized carbons (Fsp3) is 0.714. The first-order valence-corrected chi connectivity index (χ1v) is 7.78. The minimum atomic E-state index is 0.0601. The predicted molar refractivity (Wildman–Crippen MR) is 86.2 cm³/mol. The maximum absolute atomic E-state index is 4.77. The number of anilines is 1. The van der Waals surface area contributed by atoms with E-state index in [0.29, 0.717) is 0 Å². The van der Waals surface area contributed by atoms with Gasteiger partial charge in [-0.1, -0.05) is 34.1 Å². The summed E-state index contributed by atoms with van der Waals surface area (Å²) in [4.78, 5) is 9.41. The average Bonchev–Trinajstić information content (AvgIpc) is 2.28. The molecule has 0 bridgehead atoms. The van der Waals surface area contributed by atoms with Gasteiger partial charge in [-0.05, 0) is 35.9 Å². The van der Waals surface area contributed by atoms with Crippen molar-refractivity contribution in [3.8, 4) is 0 Å². The molecule has 0 aliphatic rings. The zero-order chi connectivity index (χ0) is 13.8. The van der Waals surface area contributed by atoms with Crippen LogP contribution in [0.3, 0.4) is 0 Å². The van der Waals surface area contributed by atoms with Gasteiger partial charge in [0.2, 0.25) is 0 Å². The highest BCUT2D eigenvalue weighted by Gasteiger charge is 2.22. The number of nitrogens with zero attached hydrogens (tertiary/aromatic N) is 2. The van der Waals surface area contributed by atoms with Crippen LogP contribution in [0.5, 0.6) is 0 Å². The van der Waals surface area contributed by atoms with E-state index in [2.05, 4.69) is 67.5 Å². The van der Waals surface area contributed by atoms with Crippen LogP contribution >= 0.6 is 22.6 Å².